The molecule has 0 aliphatic rings. The molecule has 0 spiro atoms. The lowest BCUT2D eigenvalue weighted by molar-refractivity contribution is -0.386. The molecule has 1 rings (SSSR count). The van der Waals surface area contributed by atoms with Crippen molar-refractivity contribution in [1.29, 1.82) is 0 Å². The Morgan fingerprint density at radius 3 is 2.81 bits per heavy atom. The van der Waals surface area contributed by atoms with E-state index >= 15 is 0 Å². The molecular weight excluding hydrogens is 212 g/mol. The van der Waals surface area contributed by atoms with Crippen molar-refractivity contribution >= 4 is 5.69 Å². The second-order valence-corrected chi connectivity index (χ2v) is 3.30. The number of hydrogen-bond donors (Lipinski definition) is 1. The fraction of sp³-hybridized carbons (Fsp3) is 0.667. The minimum absolute atomic E-state index is 0.0566. The standard InChI is InChI=1S/C9H16N4O3/c1-3-12-9(16-6-4-5-10)8(13(14)15)7(2)11-12/h3-6,10H2,1-2H3. The molecule has 0 radical (unpaired) electrons. The van der Waals surface area contributed by atoms with E-state index in [4.69, 9.17) is 10.5 Å². The number of nitrogens with zero attached hydrogens (tertiary/aromatic N) is 3. The minimum atomic E-state index is -0.466. The summed E-state index contributed by atoms with van der Waals surface area (Å²) in [5, 5.41) is 14.9. The minimum Gasteiger partial charge on any atom is -0.473 e. The Morgan fingerprint density at radius 2 is 2.31 bits per heavy atom. The smallest absolute Gasteiger partial charge is 0.353 e. The highest BCUT2D eigenvalue weighted by Crippen LogP contribution is 2.30. The predicted molar refractivity (Wildman–Crippen MR) is 58.5 cm³/mol. The first-order chi connectivity index (χ1) is 7.61. The van der Waals surface area contributed by atoms with Crippen LogP contribution in [0.25, 0.3) is 0 Å². The molecule has 0 aliphatic carbocycles. The van der Waals surface area contributed by atoms with Crippen molar-refractivity contribution in [1.82, 2.24) is 9.78 Å². The summed E-state index contributed by atoms with van der Waals surface area (Å²) >= 11 is 0. The molecule has 1 aromatic heterocycles. The third-order valence-corrected chi connectivity index (χ3v) is 2.12. The Labute approximate surface area is 93.3 Å². The molecule has 0 saturated heterocycles. The molecule has 0 aliphatic heterocycles. The van der Waals surface area contributed by atoms with Crippen molar-refractivity contribution in [2.45, 2.75) is 26.8 Å². The van der Waals surface area contributed by atoms with Gasteiger partial charge in [-0.25, -0.2) is 4.68 Å². The topological polar surface area (TPSA) is 96.2 Å². The number of aromatic nitrogens is 2. The van der Waals surface area contributed by atoms with Gasteiger partial charge in [-0.2, -0.15) is 5.10 Å². The molecule has 16 heavy (non-hydrogen) atoms. The third kappa shape index (κ3) is 2.48. The van der Waals surface area contributed by atoms with Crippen molar-refractivity contribution in [3.05, 3.63) is 15.8 Å². The molecule has 1 aromatic rings. The molecule has 0 unspecified atom stereocenters. The zero-order chi connectivity index (χ0) is 12.1. The number of aryl methyl sites for hydroxylation is 2. The van der Waals surface area contributed by atoms with Gasteiger partial charge < -0.3 is 10.5 Å². The van der Waals surface area contributed by atoms with E-state index in [9.17, 15) is 10.1 Å². The van der Waals surface area contributed by atoms with E-state index < -0.39 is 4.92 Å². The number of hydrogen-bond acceptors (Lipinski definition) is 5. The lowest BCUT2D eigenvalue weighted by Gasteiger charge is -2.05. The summed E-state index contributed by atoms with van der Waals surface area (Å²) in [5.74, 6) is 0.221. The van der Waals surface area contributed by atoms with Crippen molar-refractivity contribution in [2.75, 3.05) is 13.2 Å². The van der Waals surface area contributed by atoms with E-state index in [0.29, 0.717) is 31.8 Å². The van der Waals surface area contributed by atoms with Gasteiger partial charge in [0.1, 0.15) is 5.69 Å². The van der Waals surface area contributed by atoms with Crippen LogP contribution in [0, 0.1) is 17.0 Å². The van der Waals surface area contributed by atoms with Crippen LogP contribution in [-0.4, -0.2) is 27.9 Å². The fourth-order valence-corrected chi connectivity index (χ4v) is 1.37. The molecular formula is C9H16N4O3. The van der Waals surface area contributed by atoms with Crippen molar-refractivity contribution in [3.63, 3.8) is 0 Å². The maximum atomic E-state index is 10.9. The summed E-state index contributed by atoms with van der Waals surface area (Å²) in [7, 11) is 0. The molecule has 0 bridgehead atoms. The highest BCUT2D eigenvalue weighted by molar-refractivity contribution is 5.45. The zero-order valence-corrected chi connectivity index (χ0v) is 9.47. The van der Waals surface area contributed by atoms with Crippen LogP contribution in [0.5, 0.6) is 5.88 Å². The lowest BCUT2D eigenvalue weighted by atomic mass is 10.4. The van der Waals surface area contributed by atoms with Crippen LogP contribution in [-0.2, 0) is 6.54 Å². The fourth-order valence-electron chi connectivity index (χ4n) is 1.37. The molecule has 0 amide bonds. The SMILES string of the molecule is CCn1nc(C)c([N+](=O)[O-])c1OCCCN. The number of nitro groups is 1. The van der Waals surface area contributed by atoms with Crippen molar-refractivity contribution in [2.24, 2.45) is 5.73 Å². The van der Waals surface area contributed by atoms with Crippen molar-refractivity contribution in [3.8, 4) is 5.88 Å². The van der Waals surface area contributed by atoms with Crippen LogP contribution in [0.4, 0.5) is 5.69 Å². The molecule has 0 saturated carbocycles. The van der Waals surface area contributed by atoms with Gasteiger partial charge in [-0.05, 0) is 26.8 Å². The van der Waals surface area contributed by atoms with E-state index in [1.807, 2.05) is 6.92 Å². The van der Waals surface area contributed by atoms with Gasteiger partial charge in [-0.1, -0.05) is 0 Å². The van der Waals surface area contributed by atoms with Crippen LogP contribution < -0.4 is 10.5 Å². The Hall–Kier alpha value is -1.63. The Morgan fingerprint density at radius 1 is 1.62 bits per heavy atom. The average molecular weight is 228 g/mol. The predicted octanol–water partition coefficient (Wildman–Crippen LogP) is 0.847. The molecule has 7 heteroatoms. The first-order valence-electron chi connectivity index (χ1n) is 5.16. The second kappa shape index (κ2) is 5.45. The van der Waals surface area contributed by atoms with Crippen LogP contribution in [0.2, 0.25) is 0 Å². The molecule has 7 nitrogen and oxygen atoms in total. The maximum absolute atomic E-state index is 10.9. The van der Waals surface area contributed by atoms with Crippen LogP contribution in [0.15, 0.2) is 0 Å². The van der Waals surface area contributed by atoms with Gasteiger partial charge in [0.15, 0.2) is 0 Å². The summed E-state index contributed by atoms with van der Waals surface area (Å²) in [6.07, 6.45) is 0.658. The van der Waals surface area contributed by atoms with Gasteiger partial charge in [0.2, 0.25) is 0 Å². The first kappa shape index (κ1) is 12.4. The summed E-state index contributed by atoms with van der Waals surface area (Å²) < 4.78 is 6.85. The Balaban J connectivity index is 2.97. The van der Waals surface area contributed by atoms with Crippen LogP contribution >= 0.6 is 0 Å². The normalized spacial score (nSPS) is 10.4. The van der Waals surface area contributed by atoms with Gasteiger partial charge in [0.25, 0.3) is 5.88 Å². The van der Waals surface area contributed by atoms with Gasteiger partial charge in [0.05, 0.1) is 11.5 Å². The summed E-state index contributed by atoms with van der Waals surface area (Å²) in [6.45, 7) is 4.84. The quantitative estimate of drug-likeness (QED) is 0.442. The molecule has 90 valence electrons. The number of ether oxygens (including phenoxy) is 1. The molecule has 0 fully saturated rings. The van der Waals surface area contributed by atoms with Crippen LogP contribution in [0.3, 0.4) is 0 Å². The van der Waals surface area contributed by atoms with E-state index in [0.717, 1.165) is 0 Å². The van der Waals surface area contributed by atoms with Gasteiger partial charge in [-0.3, -0.25) is 10.1 Å². The maximum Gasteiger partial charge on any atom is 0.353 e. The second-order valence-electron chi connectivity index (χ2n) is 3.30. The average Bonchev–Trinajstić information content (AvgIpc) is 2.55. The highest BCUT2D eigenvalue weighted by Gasteiger charge is 2.26. The molecule has 2 N–H and O–H groups in total. The lowest BCUT2D eigenvalue weighted by Crippen LogP contribution is -2.10. The summed E-state index contributed by atoms with van der Waals surface area (Å²) in [4.78, 5) is 10.4. The summed E-state index contributed by atoms with van der Waals surface area (Å²) in [6, 6.07) is 0. The zero-order valence-electron chi connectivity index (χ0n) is 9.47. The van der Waals surface area contributed by atoms with E-state index in [2.05, 4.69) is 5.10 Å². The number of rotatable bonds is 6. The molecule has 1 heterocycles. The van der Waals surface area contributed by atoms with Gasteiger partial charge >= 0.3 is 5.69 Å². The van der Waals surface area contributed by atoms with E-state index in [1.165, 1.54) is 4.68 Å². The first-order valence-corrected chi connectivity index (χ1v) is 5.16. The third-order valence-electron chi connectivity index (χ3n) is 2.12. The largest absolute Gasteiger partial charge is 0.473 e. The summed E-state index contributed by atoms with van der Waals surface area (Å²) in [5.41, 5.74) is 5.64. The highest BCUT2D eigenvalue weighted by atomic mass is 16.6. The molecule has 0 atom stereocenters. The van der Waals surface area contributed by atoms with Gasteiger partial charge in [-0.15, -0.1) is 0 Å². The Kier molecular flexibility index (Phi) is 4.24. The van der Waals surface area contributed by atoms with Crippen LogP contribution in [0.1, 0.15) is 19.0 Å². The van der Waals surface area contributed by atoms with E-state index in [1.54, 1.807) is 6.92 Å². The molecule has 0 aromatic carbocycles. The number of nitrogens with two attached hydrogens (primary N) is 1. The van der Waals surface area contributed by atoms with Gasteiger partial charge in [0, 0.05) is 6.54 Å². The monoisotopic (exact) mass is 228 g/mol. The Bertz CT molecular complexity index is 375. The van der Waals surface area contributed by atoms with E-state index in [-0.39, 0.29) is 11.6 Å². The van der Waals surface area contributed by atoms with Crippen molar-refractivity contribution < 1.29 is 9.66 Å².